The van der Waals surface area contributed by atoms with Crippen LogP contribution in [0.3, 0.4) is 0 Å². The number of carbonyl (C=O) groups excluding carboxylic acids is 1. The average Bonchev–Trinajstić information content (AvgIpc) is 2.71. The van der Waals surface area contributed by atoms with Crippen LogP contribution in [0.5, 0.6) is 0 Å². The van der Waals surface area contributed by atoms with Gasteiger partial charge in [-0.05, 0) is 32.3 Å². The van der Waals surface area contributed by atoms with Crippen LogP contribution < -0.4 is 0 Å². The largest absolute Gasteiger partial charge is 0.300 e. The fraction of sp³-hybridized carbons (Fsp3) is 0.692. The van der Waals surface area contributed by atoms with Gasteiger partial charge < -0.3 is 0 Å². The minimum atomic E-state index is 0.360. The molecular weight excluding hydrogens is 200 g/mol. The topological polar surface area (TPSA) is 34.9 Å². The second-order valence-electron chi connectivity index (χ2n) is 4.04. The molecule has 1 aromatic heterocycles. The molecule has 1 heterocycles. The Balaban J connectivity index is 2.52. The first-order valence-corrected chi connectivity index (χ1v) is 6.28. The number of hydrogen-bond acceptors (Lipinski definition) is 2. The molecule has 0 aromatic carbocycles. The molecule has 0 fully saturated rings. The summed E-state index contributed by atoms with van der Waals surface area (Å²) in [6.07, 6.45) is 4.25. The van der Waals surface area contributed by atoms with E-state index in [-0.39, 0.29) is 0 Å². The maximum Gasteiger partial charge on any atom is 0.132 e. The van der Waals surface area contributed by atoms with Crippen molar-refractivity contribution in [3.8, 4) is 0 Å². The van der Waals surface area contributed by atoms with Crippen LogP contribution in [-0.2, 0) is 24.2 Å². The van der Waals surface area contributed by atoms with Crippen LogP contribution in [0.2, 0.25) is 0 Å². The molecule has 0 aliphatic heterocycles. The van der Waals surface area contributed by atoms with Gasteiger partial charge in [0.1, 0.15) is 5.78 Å². The van der Waals surface area contributed by atoms with Crippen molar-refractivity contribution in [1.29, 1.82) is 0 Å². The molecule has 0 N–H and O–H groups in total. The van der Waals surface area contributed by atoms with Gasteiger partial charge in [0.15, 0.2) is 0 Å². The first-order chi connectivity index (χ1) is 7.71. The summed E-state index contributed by atoms with van der Waals surface area (Å²) in [6, 6.07) is 2.17. The Morgan fingerprint density at radius 1 is 1.38 bits per heavy atom. The molecule has 0 bridgehead atoms. The van der Waals surface area contributed by atoms with Gasteiger partial charge in [-0.3, -0.25) is 9.48 Å². The van der Waals surface area contributed by atoms with E-state index in [2.05, 4.69) is 29.7 Å². The minimum Gasteiger partial charge on any atom is -0.300 e. The molecule has 0 radical (unpaired) electrons. The summed E-state index contributed by atoms with van der Waals surface area (Å²) >= 11 is 0. The lowest BCUT2D eigenvalue weighted by atomic mass is 10.1. The monoisotopic (exact) mass is 222 g/mol. The smallest absolute Gasteiger partial charge is 0.132 e. The molecule has 0 unspecified atom stereocenters. The van der Waals surface area contributed by atoms with Crippen LogP contribution in [0.1, 0.15) is 51.4 Å². The van der Waals surface area contributed by atoms with Crippen molar-refractivity contribution in [3.05, 3.63) is 17.5 Å². The van der Waals surface area contributed by atoms with Gasteiger partial charge in [-0.1, -0.05) is 13.8 Å². The van der Waals surface area contributed by atoms with Crippen molar-refractivity contribution < 1.29 is 4.79 Å². The lowest BCUT2D eigenvalue weighted by Crippen LogP contribution is -2.04. The van der Waals surface area contributed by atoms with E-state index >= 15 is 0 Å². The van der Waals surface area contributed by atoms with E-state index in [0.717, 1.165) is 31.5 Å². The summed E-state index contributed by atoms with van der Waals surface area (Å²) in [4.78, 5) is 11.2. The van der Waals surface area contributed by atoms with Crippen molar-refractivity contribution in [2.24, 2.45) is 0 Å². The summed E-state index contributed by atoms with van der Waals surface area (Å²) in [5.74, 6) is 0.360. The fourth-order valence-corrected chi connectivity index (χ4v) is 1.81. The summed E-state index contributed by atoms with van der Waals surface area (Å²) in [7, 11) is 0. The van der Waals surface area contributed by atoms with E-state index in [9.17, 15) is 4.79 Å². The Morgan fingerprint density at radius 3 is 2.69 bits per heavy atom. The van der Waals surface area contributed by atoms with E-state index in [1.54, 1.807) is 0 Å². The lowest BCUT2D eigenvalue weighted by Gasteiger charge is -2.03. The van der Waals surface area contributed by atoms with Gasteiger partial charge in [0.25, 0.3) is 0 Å². The molecule has 3 nitrogen and oxygen atoms in total. The van der Waals surface area contributed by atoms with Crippen molar-refractivity contribution in [2.45, 2.75) is 59.4 Å². The molecule has 0 spiro atoms. The zero-order valence-electron chi connectivity index (χ0n) is 10.6. The molecule has 1 rings (SSSR count). The highest BCUT2D eigenvalue weighted by Crippen LogP contribution is 2.10. The Hall–Kier alpha value is -1.12. The second kappa shape index (κ2) is 6.46. The van der Waals surface area contributed by atoms with Crippen LogP contribution >= 0.6 is 0 Å². The predicted octanol–water partition coefficient (Wildman–Crippen LogP) is 2.77. The number of hydrogen-bond donors (Lipinski definition) is 0. The van der Waals surface area contributed by atoms with Crippen LogP contribution in [0, 0.1) is 0 Å². The maximum atomic E-state index is 11.2. The van der Waals surface area contributed by atoms with Crippen molar-refractivity contribution in [3.63, 3.8) is 0 Å². The predicted molar refractivity (Wildman–Crippen MR) is 65.5 cm³/mol. The number of Topliss-reactive ketones (excluding diaryl/α,β-unsaturated/α-hetero) is 1. The molecule has 0 amide bonds. The van der Waals surface area contributed by atoms with Crippen LogP contribution in [0.25, 0.3) is 0 Å². The molecule has 1 aromatic rings. The third-order valence-corrected chi connectivity index (χ3v) is 2.86. The van der Waals surface area contributed by atoms with E-state index in [1.165, 1.54) is 5.69 Å². The first-order valence-electron chi connectivity index (χ1n) is 6.28. The molecule has 3 heteroatoms. The number of nitrogens with zero attached hydrogens (tertiary/aromatic N) is 2. The van der Waals surface area contributed by atoms with Gasteiger partial charge in [0, 0.05) is 25.1 Å². The molecule has 0 aliphatic carbocycles. The van der Waals surface area contributed by atoms with Crippen molar-refractivity contribution >= 4 is 5.78 Å². The number of aryl methyl sites for hydroxylation is 3. The Bertz CT molecular complexity index is 342. The Morgan fingerprint density at radius 2 is 2.12 bits per heavy atom. The summed E-state index contributed by atoms with van der Waals surface area (Å²) < 4.78 is 2.05. The third-order valence-electron chi connectivity index (χ3n) is 2.86. The summed E-state index contributed by atoms with van der Waals surface area (Å²) in [6.45, 7) is 7.06. The van der Waals surface area contributed by atoms with Gasteiger partial charge in [0.05, 0.1) is 5.69 Å². The van der Waals surface area contributed by atoms with Crippen molar-refractivity contribution in [2.75, 3.05) is 0 Å². The zero-order valence-corrected chi connectivity index (χ0v) is 10.6. The summed E-state index contributed by atoms with van der Waals surface area (Å²) in [5.41, 5.74) is 2.42. The highest BCUT2D eigenvalue weighted by molar-refractivity contribution is 5.77. The van der Waals surface area contributed by atoms with E-state index in [1.807, 2.05) is 6.92 Å². The lowest BCUT2D eigenvalue weighted by molar-refractivity contribution is -0.118. The minimum absolute atomic E-state index is 0.360. The SMILES string of the molecule is CCC(=O)CCCc1cc(CC)nn1CC. The summed E-state index contributed by atoms with van der Waals surface area (Å²) in [5, 5.41) is 4.50. The number of ketones is 1. The van der Waals surface area contributed by atoms with E-state index in [4.69, 9.17) is 0 Å². The van der Waals surface area contributed by atoms with Crippen LogP contribution in [0.4, 0.5) is 0 Å². The number of rotatable bonds is 7. The molecular formula is C13H22N2O. The van der Waals surface area contributed by atoms with Crippen LogP contribution in [-0.4, -0.2) is 15.6 Å². The van der Waals surface area contributed by atoms with Gasteiger partial charge in [-0.15, -0.1) is 0 Å². The van der Waals surface area contributed by atoms with Crippen molar-refractivity contribution in [1.82, 2.24) is 9.78 Å². The standard InChI is InChI=1S/C13H22N2O/c1-4-11-10-12(15(6-3)14-11)8-7-9-13(16)5-2/h10H,4-9H2,1-3H3. The maximum absolute atomic E-state index is 11.2. The Labute approximate surface area is 97.8 Å². The first kappa shape index (κ1) is 12.9. The highest BCUT2D eigenvalue weighted by Gasteiger charge is 2.06. The quantitative estimate of drug-likeness (QED) is 0.711. The molecule has 0 saturated heterocycles. The normalized spacial score (nSPS) is 10.7. The van der Waals surface area contributed by atoms with Crippen LogP contribution in [0.15, 0.2) is 6.07 Å². The number of carbonyl (C=O) groups is 1. The van der Waals surface area contributed by atoms with Gasteiger partial charge >= 0.3 is 0 Å². The average molecular weight is 222 g/mol. The molecule has 90 valence electrons. The highest BCUT2D eigenvalue weighted by atomic mass is 16.1. The second-order valence-corrected chi connectivity index (χ2v) is 4.04. The fourth-order valence-electron chi connectivity index (χ4n) is 1.81. The van der Waals surface area contributed by atoms with Gasteiger partial charge in [-0.2, -0.15) is 5.10 Å². The van der Waals surface area contributed by atoms with E-state index < -0.39 is 0 Å². The van der Waals surface area contributed by atoms with Gasteiger partial charge in [-0.25, -0.2) is 0 Å². The van der Waals surface area contributed by atoms with Gasteiger partial charge in [0.2, 0.25) is 0 Å². The molecule has 0 aliphatic rings. The zero-order chi connectivity index (χ0) is 12.0. The van der Waals surface area contributed by atoms with E-state index in [0.29, 0.717) is 18.6 Å². The molecule has 16 heavy (non-hydrogen) atoms. The number of aromatic nitrogens is 2. The Kier molecular flexibility index (Phi) is 5.23. The third kappa shape index (κ3) is 3.47. The molecule has 0 atom stereocenters. The molecule has 0 saturated carbocycles.